The van der Waals surface area contributed by atoms with Gasteiger partial charge in [0, 0.05) is 31.3 Å². The number of nitrogens with two attached hydrogens (primary N) is 1. The Morgan fingerprint density at radius 2 is 1.96 bits per heavy atom. The van der Waals surface area contributed by atoms with E-state index in [9.17, 15) is 14.9 Å². The Bertz CT molecular complexity index is 833. The second-order valence-corrected chi connectivity index (χ2v) is 6.85. The van der Waals surface area contributed by atoms with Crippen LogP contribution in [-0.4, -0.2) is 28.8 Å². The summed E-state index contributed by atoms with van der Waals surface area (Å²) in [6.07, 6.45) is 1.71. The molecule has 0 atom stereocenters. The maximum Gasteiger partial charge on any atom is 0.288 e. The van der Waals surface area contributed by atoms with E-state index < -0.39 is 4.92 Å². The quantitative estimate of drug-likeness (QED) is 0.653. The van der Waals surface area contributed by atoms with Crippen molar-refractivity contribution in [3.8, 4) is 0 Å². The molecule has 0 saturated carbocycles. The molecular formula is C19H20ClN3O3. The fraction of sp³-hybridized carbons (Fsp3) is 0.316. The van der Waals surface area contributed by atoms with E-state index in [0.29, 0.717) is 31.1 Å². The molecule has 1 aliphatic heterocycles. The van der Waals surface area contributed by atoms with Crippen LogP contribution in [0.1, 0.15) is 40.2 Å². The van der Waals surface area contributed by atoms with Gasteiger partial charge in [0.25, 0.3) is 11.6 Å². The minimum atomic E-state index is -0.574. The summed E-state index contributed by atoms with van der Waals surface area (Å²) in [6.45, 7) is 1.75. The monoisotopic (exact) mass is 373 g/mol. The van der Waals surface area contributed by atoms with Crippen LogP contribution in [-0.2, 0) is 6.54 Å². The van der Waals surface area contributed by atoms with Crippen LogP contribution < -0.4 is 5.73 Å². The number of hydrogen-bond donors (Lipinski definition) is 1. The van der Waals surface area contributed by atoms with Crippen molar-refractivity contribution in [2.45, 2.75) is 25.3 Å². The summed E-state index contributed by atoms with van der Waals surface area (Å²) in [7, 11) is 0. The third-order valence-corrected chi connectivity index (χ3v) is 5.15. The average molecular weight is 374 g/mol. The molecule has 2 aromatic carbocycles. The standard InChI is InChI=1S/C19H20ClN3O3/c20-17-5-4-16(11-18(17)23(25)26)19(24)22-8-6-14(7-9-22)15-3-1-2-13(10-15)12-21/h1-5,10-11,14H,6-9,12,21H2. The molecule has 3 rings (SSSR count). The summed E-state index contributed by atoms with van der Waals surface area (Å²) in [4.78, 5) is 24.9. The van der Waals surface area contributed by atoms with E-state index in [1.165, 1.54) is 23.8 Å². The summed E-state index contributed by atoms with van der Waals surface area (Å²) in [5.74, 6) is 0.198. The second-order valence-electron chi connectivity index (χ2n) is 6.44. The Hall–Kier alpha value is -2.44. The van der Waals surface area contributed by atoms with Gasteiger partial charge in [0.1, 0.15) is 5.02 Å². The fourth-order valence-corrected chi connectivity index (χ4v) is 3.54. The van der Waals surface area contributed by atoms with Crippen LogP contribution in [0.4, 0.5) is 5.69 Å². The van der Waals surface area contributed by atoms with Gasteiger partial charge in [-0.2, -0.15) is 0 Å². The van der Waals surface area contributed by atoms with Crippen molar-refractivity contribution in [1.29, 1.82) is 0 Å². The first-order chi connectivity index (χ1) is 12.5. The van der Waals surface area contributed by atoms with Gasteiger partial charge in [0.2, 0.25) is 0 Å². The molecule has 0 radical (unpaired) electrons. The molecule has 0 bridgehead atoms. The zero-order valence-corrected chi connectivity index (χ0v) is 15.0. The number of likely N-dealkylation sites (tertiary alicyclic amines) is 1. The van der Waals surface area contributed by atoms with Crippen molar-refractivity contribution >= 4 is 23.2 Å². The van der Waals surface area contributed by atoms with Crippen LogP contribution in [0.25, 0.3) is 0 Å². The molecule has 2 aromatic rings. The van der Waals surface area contributed by atoms with Gasteiger partial charge in [-0.3, -0.25) is 14.9 Å². The number of nitrogens with zero attached hydrogens (tertiary/aromatic N) is 2. The summed E-state index contributed by atoms with van der Waals surface area (Å²) in [6, 6.07) is 12.4. The highest BCUT2D eigenvalue weighted by atomic mass is 35.5. The Morgan fingerprint density at radius 1 is 1.23 bits per heavy atom. The van der Waals surface area contributed by atoms with Gasteiger partial charge in [-0.1, -0.05) is 35.9 Å². The molecule has 1 fully saturated rings. The van der Waals surface area contributed by atoms with Crippen molar-refractivity contribution in [1.82, 2.24) is 4.90 Å². The van der Waals surface area contributed by atoms with Gasteiger partial charge in [0.15, 0.2) is 0 Å². The van der Waals surface area contributed by atoms with Gasteiger partial charge in [0.05, 0.1) is 4.92 Å². The first kappa shape index (κ1) is 18.4. The summed E-state index contributed by atoms with van der Waals surface area (Å²) < 4.78 is 0. The normalized spacial score (nSPS) is 15.1. The predicted molar refractivity (Wildman–Crippen MR) is 100 cm³/mol. The molecule has 0 aliphatic carbocycles. The lowest BCUT2D eigenvalue weighted by Crippen LogP contribution is -2.38. The maximum absolute atomic E-state index is 12.7. The molecular weight excluding hydrogens is 354 g/mol. The molecule has 26 heavy (non-hydrogen) atoms. The summed E-state index contributed by atoms with van der Waals surface area (Å²) >= 11 is 5.82. The molecule has 1 aliphatic rings. The van der Waals surface area contributed by atoms with E-state index in [1.807, 2.05) is 12.1 Å². The van der Waals surface area contributed by atoms with E-state index in [4.69, 9.17) is 17.3 Å². The number of piperidine rings is 1. The van der Waals surface area contributed by atoms with Crippen molar-refractivity contribution in [3.63, 3.8) is 0 Å². The van der Waals surface area contributed by atoms with E-state index in [2.05, 4.69) is 12.1 Å². The number of amides is 1. The zero-order chi connectivity index (χ0) is 18.7. The molecule has 0 unspecified atom stereocenters. The van der Waals surface area contributed by atoms with Crippen molar-refractivity contribution in [2.75, 3.05) is 13.1 Å². The molecule has 6 nitrogen and oxygen atoms in total. The topological polar surface area (TPSA) is 89.5 Å². The Balaban J connectivity index is 1.69. The first-order valence-corrected chi connectivity index (χ1v) is 8.89. The van der Waals surface area contributed by atoms with Gasteiger partial charge in [-0.15, -0.1) is 0 Å². The van der Waals surface area contributed by atoms with Crippen molar-refractivity contribution in [2.24, 2.45) is 5.73 Å². The largest absolute Gasteiger partial charge is 0.339 e. The highest BCUT2D eigenvalue weighted by Gasteiger charge is 2.26. The highest BCUT2D eigenvalue weighted by molar-refractivity contribution is 6.32. The molecule has 7 heteroatoms. The number of nitro benzene ring substituents is 1. The highest BCUT2D eigenvalue weighted by Crippen LogP contribution is 2.30. The number of rotatable bonds is 4. The molecule has 1 heterocycles. The van der Waals surface area contributed by atoms with Crippen LogP contribution >= 0.6 is 11.6 Å². The van der Waals surface area contributed by atoms with Crippen LogP contribution in [0, 0.1) is 10.1 Å². The maximum atomic E-state index is 12.7. The molecule has 0 spiro atoms. The molecule has 1 saturated heterocycles. The van der Waals surface area contributed by atoms with E-state index in [0.717, 1.165) is 18.4 Å². The van der Waals surface area contributed by atoms with E-state index >= 15 is 0 Å². The number of nitro groups is 1. The minimum absolute atomic E-state index is 0.0324. The number of carbonyl (C=O) groups excluding carboxylic acids is 1. The smallest absolute Gasteiger partial charge is 0.288 e. The molecule has 136 valence electrons. The Kier molecular flexibility index (Phi) is 5.54. The number of carbonyl (C=O) groups is 1. The third-order valence-electron chi connectivity index (χ3n) is 4.83. The summed E-state index contributed by atoms with van der Waals surface area (Å²) in [5.41, 5.74) is 8.12. The molecule has 2 N–H and O–H groups in total. The van der Waals surface area contributed by atoms with Crippen LogP contribution in [0.5, 0.6) is 0 Å². The van der Waals surface area contributed by atoms with Gasteiger partial charge >= 0.3 is 0 Å². The number of benzene rings is 2. The Morgan fingerprint density at radius 3 is 2.62 bits per heavy atom. The van der Waals surface area contributed by atoms with Gasteiger partial charge < -0.3 is 10.6 Å². The second kappa shape index (κ2) is 7.85. The number of halogens is 1. The fourth-order valence-electron chi connectivity index (χ4n) is 3.36. The lowest BCUT2D eigenvalue weighted by molar-refractivity contribution is -0.384. The molecule has 0 aromatic heterocycles. The van der Waals surface area contributed by atoms with E-state index in [1.54, 1.807) is 4.90 Å². The average Bonchev–Trinajstić information content (AvgIpc) is 2.67. The first-order valence-electron chi connectivity index (χ1n) is 8.51. The van der Waals surface area contributed by atoms with Gasteiger partial charge in [-0.25, -0.2) is 0 Å². The lowest BCUT2D eigenvalue weighted by atomic mass is 9.88. The van der Waals surface area contributed by atoms with Gasteiger partial charge in [-0.05, 0) is 42.0 Å². The number of hydrogen-bond acceptors (Lipinski definition) is 4. The van der Waals surface area contributed by atoms with Crippen molar-refractivity contribution < 1.29 is 9.72 Å². The predicted octanol–water partition coefficient (Wildman–Crippen LogP) is 3.73. The third kappa shape index (κ3) is 3.86. The van der Waals surface area contributed by atoms with Crippen LogP contribution in [0.3, 0.4) is 0 Å². The SMILES string of the molecule is NCc1cccc(C2CCN(C(=O)c3ccc(Cl)c([N+](=O)[O-])c3)CC2)c1. The zero-order valence-electron chi connectivity index (χ0n) is 14.2. The molecule has 1 amide bonds. The summed E-state index contributed by atoms with van der Waals surface area (Å²) in [5, 5.41) is 11.0. The van der Waals surface area contributed by atoms with Crippen molar-refractivity contribution in [3.05, 3.63) is 74.3 Å². The lowest BCUT2D eigenvalue weighted by Gasteiger charge is -2.32. The van der Waals surface area contributed by atoms with Crippen LogP contribution in [0.15, 0.2) is 42.5 Å². The van der Waals surface area contributed by atoms with E-state index in [-0.39, 0.29) is 16.6 Å². The van der Waals surface area contributed by atoms with Crippen LogP contribution in [0.2, 0.25) is 5.02 Å². The minimum Gasteiger partial charge on any atom is -0.339 e. The Labute approximate surface area is 156 Å².